The van der Waals surface area contributed by atoms with Gasteiger partial charge in [-0.05, 0) is 36.4 Å². The minimum Gasteiger partial charge on any atom is -0.491 e. The third kappa shape index (κ3) is 6.36. The van der Waals surface area contributed by atoms with E-state index in [1.165, 1.54) is 36.4 Å². The van der Waals surface area contributed by atoms with Crippen molar-refractivity contribution in [2.45, 2.75) is 22.0 Å². The Morgan fingerprint density at radius 1 is 0.897 bits per heavy atom. The number of sulfone groups is 1. The van der Waals surface area contributed by atoms with E-state index in [0.29, 0.717) is 5.75 Å². The van der Waals surface area contributed by atoms with Gasteiger partial charge >= 0.3 is 0 Å². The van der Waals surface area contributed by atoms with Gasteiger partial charge in [0.05, 0.1) is 32.3 Å². The SMILES string of the molecule is O=S(=O)(c1ccc(OCC(O)CO)cc1)c1cc(Cl)c(OCC(O)CCl)c(Cl)c1. The molecule has 0 radical (unpaired) electrons. The molecule has 0 bridgehead atoms. The van der Waals surface area contributed by atoms with Gasteiger partial charge in [0.25, 0.3) is 0 Å². The number of ether oxygens (including phenoxy) is 2. The van der Waals surface area contributed by atoms with Crippen LogP contribution in [0.25, 0.3) is 0 Å². The van der Waals surface area contributed by atoms with Gasteiger partial charge in [-0.3, -0.25) is 0 Å². The quantitative estimate of drug-likeness (QED) is 0.443. The molecular formula is C18H19Cl3O7S. The molecule has 3 N–H and O–H groups in total. The zero-order chi connectivity index (χ0) is 21.6. The van der Waals surface area contributed by atoms with Crippen LogP contribution in [0.1, 0.15) is 0 Å². The van der Waals surface area contributed by atoms with Crippen LogP contribution >= 0.6 is 34.8 Å². The molecule has 0 aliphatic rings. The maximum atomic E-state index is 12.9. The molecule has 2 unspecified atom stereocenters. The number of alkyl halides is 1. The van der Waals surface area contributed by atoms with E-state index >= 15 is 0 Å². The summed E-state index contributed by atoms with van der Waals surface area (Å²) in [6, 6.07) is 7.91. The first kappa shape index (κ1) is 24.0. The van der Waals surface area contributed by atoms with E-state index in [1.807, 2.05) is 0 Å². The molecule has 2 aromatic rings. The Morgan fingerprint density at radius 2 is 1.45 bits per heavy atom. The van der Waals surface area contributed by atoms with Crippen molar-refractivity contribution in [1.29, 1.82) is 0 Å². The minimum absolute atomic E-state index is 0.0223. The van der Waals surface area contributed by atoms with Crippen molar-refractivity contribution in [1.82, 2.24) is 0 Å². The van der Waals surface area contributed by atoms with E-state index in [0.717, 1.165) is 0 Å². The molecule has 2 atom stereocenters. The van der Waals surface area contributed by atoms with Crippen LogP contribution in [0.5, 0.6) is 11.5 Å². The maximum absolute atomic E-state index is 12.9. The van der Waals surface area contributed by atoms with Crippen LogP contribution < -0.4 is 9.47 Å². The molecular weight excluding hydrogens is 467 g/mol. The smallest absolute Gasteiger partial charge is 0.206 e. The summed E-state index contributed by atoms with van der Waals surface area (Å²) < 4.78 is 36.3. The summed E-state index contributed by atoms with van der Waals surface area (Å²) in [5.41, 5.74) is 0. The van der Waals surface area contributed by atoms with Crippen molar-refractivity contribution in [3.05, 3.63) is 46.4 Å². The second-order valence-electron chi connectivity index (χ2n) is 5.96. The van der Waals surface area contributed by atoms with Gasteiger partial charge in [-0.1, -0.05) is 23.2 Å². The first-order chi connectivity index (χ1) is 13.7. The van der Waals surface area contributed by atoms with Crippen molar-refractivity contribution in [2.75, 3.05) is 25.7 Å². The molecule has 2 aromatic carbocycles. The summed E-state index contributed by atoms with van der Waals surface area (Å²) in [5.74, 6) is 0.331. The molecule has 0 spiro atoms. The van der Waals surface area contributed by atoms with Crippen LogP contribution in [0.15, 0.2) is 46.2 Å². The molecule has 11 heteroatoms. The molecule has 0 aliphatic heterocycles. The van der Waals surface area contributed by atoms with Crippen LogP contribution in [0.3, 0.4) is 0 Å². The number of aliphatic hydroxyl groups is 3. The van der Waals surface area contributed by atoms with Crippen LogP contribution in [-0.4, -0.2) is 61.6 Å². The number of halogens is 3. The van der Waals surface area contributed by atoms with Crippen molar-refractivity contribution < 1.29 is 33.2 Å². The van der Waals surface area contributed by atoms with E-state index in [-0.39, 0.29) is 44.7 Å². The van der Waals surface area contributed by atoms with Gasteiger partial charge in [-0.2, -0.15) is 0 Å². The lowest BCUT2D eigenvalue weighted by Crippen LogP contribution is -2.21. The van der Waals surface area contributed by atoms with E-state index in [9.17, 15) is 18.6 Å². The molecule has 0 aromatic heterocycles. The number of benzene rings is 2. The maximum Gasteiger partial charge on any atom is 0.206 e. The van der Waals surface area contributed by atoms with Crippen LogP contribution in [0.2, 0.25) is 10.0 Å². The van der Waals surface area contributed by atoms with Crippen LogP contribution in [0.4, 0.5) is 0 Å². The van der Waals surface area contributed by atoms with Gasteiger partial charge in [-0.15, -0.1) is 11.6 Å². The predicted molar refractivity (Wildman–Crippen MR) is 109 cm³/mol. The summed E-state index contributed by atoms with van der Waals surface area (Å²) in [7, 11) is -3.93. The summed E-state index contributed by atoms with van der Waals surface area (Å²) in [5, 5.41) is 27.5. The number of hydrogen-bond acceptors (Lipinski definition) is 7. The van der Waals surface area contributed by atoms with Crippen molar-refractivity contribution in [2.24, 2.45) is 0 Å². The van der Waals surface area contributed by atoms with E-state index in [4.69, 9.17) is 49.4 Å². The lowest BCUT2D eigenvalue weighted by Gasteiger charge is -2.14. The molecule has 160 valence electrons. The largest absolute Gasteiger partial charge is 0.491 e. The zero-order valence-corrected chi connectivity index (χ0v) is 18.0. The lowest BCUT2D eigenvalue weighted by atomic mass is 10.3. The Bertz CT molecular complexity index is 897. The Hall–Kier alpha value is -1.26. The third-order valence-corrected chi connectivity index (χ3v) is 6.33. The topological polar surface area (TPSA) is 113 Å². The average Bonchev–Trinajstić information content (AvgIpc) is 2.71. The number of rotatable bonds is 10. The molecule has 0 amide bonds. The molecule has 0 fully saturated rings. The van der Waals surface area contributed by atoms with Crippen LogP contribution in [-0.2, 0) is 9.84 Å². The summed E-state index contributed by atoms with van der Waals surface area (Å²) in [6.07, 6.45) is -1.96. The van der Waals surface area contributed by atoms with Crippen LogP contribution in [0, 0.1) is 0 Å². The molecule has 29 heavy (non-hydrogen) atoms. The Labute approximate surface area is 183 Å². The fraction of sp³-hybridized carbons (Fsp3) is 0.333. The van der Waals surface area contributed by atoms with Gasteiger partial charge in [0.1, 0.15) is 31.2 Å². The van der Waals surface area contributed by atoms with Gasteiger partial charge in [-0.25, -0.2) is 8.42 Å². The molecule has 0 aliphatic carbocycles. The molecule has 2 rings (SSSR count). The Morgan fingerprint density at radius 3 is 1.97 bits per heavy atom. The summed E-state index contributed by atoms with van der Waals surface area (Å²) in [4.78, 5) is -0.159. The molecule has 0 saturated heterocycles. The average molecular weight is 486 g/mol. The number of aliphatic hydroxyl groups excluding tert-OH is 3. The third-order valence-electron chi connectivity index (χ3n) is 3.67. The van der Waals surface area contributed by atoms with E-state index < -0.39 is 28.7 Å². The second kappa shape index (κ2) is 10.7. The monoisotopic (exact) mass is 484 g/mol. The minimum atomic E-state index is -3.93. The predicted octanol–water partition coefficient (Wildman–Crippen LogP) is 2.54. The highest BCUT2D eigenvalue weighted by atomic mass is 35.5. The fourth-order valence-corrected chi connectivity index (χ4v) is 4.28. The van der Waals surface area contributed by atoms with Crippen molar-refractivity contribution in [3.8, 4) is 11.5 Å². The highest BCUT2D eigenvalue weighted by molar-refractivity contribution is 7.91. The summed E-state index contributed by atoms with van der Waals surface area (Å²) in [6.45, 7) is -0.728. The van der Waals surface area contributed by atoms with Crippen molar-refractivity contribution in [3.63, 3.8) is 0 Å². The Balaban J connectivity index is 2.22. The molecule has 0 heterocycles. The second-order valence-corrected chi connectivity index (χ2v) is 9.03. The van der Waals surface area contributed by atoms with E-state index in [2.05, 4.69) is 0 Å². The molecule has 0 saturated carbocycles. The number of hydrogen-bond donors (Lipinski definition) is 3. The standard InChI is InChI=1S/C18H19Cl3O7S/c19-7-11(23)9-28-18-16(20)5-15(6-17(18)21)29(25,26)14-3-1-13(2-4-14)27-10-12(24)8-22/h1-6,11-12,22-24H,7-10H2. The first-order valence-electron chi connectivity index (χ1n) is 8.31. The molecule has 7 nitrogen and oxygen atoms in total. The Kier molecular flexibility index (Phi) is 8.84. The first-order valence-corrected chi connectivity index (χ1v) is 11.1. The highest BCUT2D eigenvalue weighted by Gasteiger charge is 2.22. The normalized spacial score (nSPS) is 13.7. The van der Waals surface area contributed by atoms with Gasteiger partial charge < -0.3 is 24.8 Å². The zero-order valence-electron chi connectivity index (χ0n) is 15.0. The van der Waals surface area contributed by atoms with Gasteiger partial charge in [0, 0.05) is 0 Å². The summed E-state index contributed by atoms with van der Waals surface area (Å²) >= 11 is 17.7. The highest BCUT2D eigenvalue weighted by Crippen LogP contribution is 2.37. The fourth-order valence-electron chi connectivity index (χ4n) is 2.15. The van der Waals surface area contributed by atoms with Crippen molar-refractivity contribution >= 4 is 44.6 Å². The lowest BCUT2D eigenvalue weighted by molar-refractivity contribution is 0.0536. The van der Waals surface area contributed by atoms with E-state index in [1.54, 1.807) is 0 Å². The van der Waals surface area contributed by atoms with Gasteiger partial charge in [0.15, 0.2) is 5.75 Å². The van der Waals surface area contributed by atoms with Gasteiger partial charge in [0.2, 0.25) is 9.84 Å².